The van der Waals surface area contributed by atoms with Crippen LogP contribution >= 0.6 is 0 Å². The van der Waals surface area contributed by atoms with Crippen LogP contribution in [0.15, 0.2) is 28.7 Å². The van der Waals surface area contributed by atoms with E-state index in [9.17, 15) is 5.11 Å². The minimum absolute atomic E-state index is 0.145. The van der Waals surface area contributed by atoms with Gasteiger partial charge in [-0.15, -0.1) is 0 Å². The Morgan fingerprint density at radius 3 is 2.52 bits per heavy atom. The maximum Gasteiger partial charge on any atom is 0.134 e. The van der Waals surface area contributed by atoms with E-state index < -0.39 is 0 Å². The molecule has 1 aromatic carbocycles. The van der Waals surface area contributed by atoms with Crippen LogP contribution in [0.4, 0.5) is 0 Å². The second-order valence-corrected chi connectivity index (χ2v) is 6.05. The van der Waals surface area contributed by atoms with E-state index in [4.69, 9.17) is 4.42 Å². The van der Waals surface area contributed by atoms with E-state index in [1.54, 1.807) is 0 Å². The zero-order valence-corrected chi connectivity index (χ0v) is 13.5. The number of para-hydroxylation sites is 1. The van der Waals surface area contributed by atoms with Crippen molar-refractivity contribution in [2.75, 3.05) is 6.61 Å². The van der Waals surface area contributed by atoms with Crippen molar-refractivity contribution >= 4 is 11.0 Å². The molecule has 2 rings (SSSR count). The predicted molar refractivity (Wildman–Crippen MR) is 87.5 cm³/mol. The highest BCUT2D eigenvalue weighted by Crippen LogP contribution is 2.31. The van der Waals surface area contributed by atoms with Crippen molar-refractivity contribution in [2.24, 2.45) is 5.92 Å². The fraction of sp³-hybridized carbons (Fsp3) is 0.556. The van der Waals surface area contributed by atoms with Gasteiger partial charge in [-0.05, 0) is 31.7 Å². The Morgan fingerprint density at radius 2 is 1.90 bits per heavy atom. The van der Waals surface area contributed by atoms with E-state index in [1.807, 2.05) is 12.1 Å². The maximum absolute atomic E-state index is 9.22. The first kappa shape index (κ1) is 16.1. The van der Waals surface area contributed by atoms with Crippen LogP contribution in [0.25, 0.3) is 11.0 Å². The molecule has 0 radical (unpaired) electrons. The lowest BCUT2D eigenvalue weighted by Gasteiger charge is -2.25. The van der Waals surface area contributed by atoms with Crippen molar-refractivity contribution in [3.05, 3.63) is 35.6 Å². The molecule has 1 heterocycles. The van der Waals surface area contributed by atoms with Gasteiger partial charge in [0.25, 0.3) is 0 Å². The van der Waals surface area contributed by atoms with Gasteiger partial charge in [-0.2, -0.15) is 0 Å². The average molecular weight is 289 g/mol. The van der Waals surface area contributed by atoms with E-state index in [-0.39, 0.29) is 12.6 Å². The monoisotopic (exact) mass is 289 g/mol. The van der Waals surface area contributed by atoms with Crippen molar-refractivity contribution in [3.8, 4) is 0 Å². The lowest BCUT2D eigenvalue weighted by atomic mass is 9.98. The van der Waals surface area contributed by atoms with E-state index >= 15 is 0 Å². The average Bonchev–Trinajstić information content (AvgIpc) is 2.85. The van der Waals surface area contributed by atoms with Gasteiger partial charge in [0.2, 0.25) is 0 Å². The van der Waals surface area contributed by atoms with Crippen LogP contribution < -0.4 is 5.32 Å². The summed E-state index contributed by atoms with van der Waals surface area (Å²) < 4.78 is 6.09. The molecule has 3 heteroatoms. The Labute approximate surface area is 127 Å². The molecule has 0 aliphatic rings. The maximum atomic E-state index is 9.22. The van der Waals surface area contributed by atoms with Gasteiger partial charge >= 0.3 is 0 Å². The Kier molecular flexibility index (Phi) is 5.43. The highest BCUT2D eigenvalue weighted by atomic mass is 16.3. The van der Waals surface area contributed by atoms with Crippen LogP contribution in [-0.2, 0) is 6.42 Å². The predicted octanol–water partition coefficient (Wildman–Crippen LogP) is 4.05. The van der Waals surface area contributed by atoms with Crippen molar-refractivity contribution in [1.82, 2.24) is 5.32 Å². The van der Waals surface area contributed by atoms with E-state index in [0.29, 0.717) is 12.0 Å². The summed E-state index contributed by atoms with van der Waals surface area (Å²) >= 11 is 0. The molecule has 0 saturated heterocycles. The SMILES string of the molecule is CCc1c(C(C)NC(CCO)C(C)C)oc2ccccc12. The van der Waals surface area contributed by atoms with Crippen LogP contribution in [0, 0.1) is 5.92 Å². The van der Waals surface area contributed by atoms with Crippen molar-refractivity contribution < 1.29 is 9.52 Å². The molecule has 0 aliphatic heterocycles. The third-order valence-electron chi connectivity index (χ3n) is 4.19. The van der Waals surface area contributed by atoms with E-state index in [0.717, 1.165) is 24.2 Å². The number of aliphatic hydroxyl groups excluding tert-OH is 1. The van der Waals surface area contributed by atoms with Gasteiger partial charge in [-0.25, -0.2) is 0 Å². The number of furan rings is 1. The van der Waals surface area contributed by atoms with Crippen LogP contribution in [-0.4, -0.2) is 17.8 Å². The van der Waals surface area contributed by atoms with Crippen LogP contribution in [0.5, 0.6) is 0 Å². The first-order valence-electron chi connectivity index (χ1n) is 7.95. The number of fused-ring (bicyclic) bond motifs is 1. The molecule has 21 heavy (non-hydrogen) atoms. The molecule has 116 valence electrons. The second kappa shape index (κ2) is 7.10. The smallest absolute Gasteiger partial charge is 0.134 e. The third-order valence-corrected chi connectivity index (χ3v) is 4.19. The van der Waals surface area contributed by atoms with Crippen molar-refractivity contribution in [3.63, 3.8) is 0 Å². The fourth-order valence-electron chi connectivity index (χ4n) is 2.98. The molecule has 1 aromatic heterocycles. The first-order valence-corrected chi connectivity index (χ1v) is 7.95. The van der Waals surface area contributed by atoms with Crippen molar-refractivity contribution in [1.29, 1.82) is 0 Å². The lowest BCUT2D eigenvalue weighted by molar-refractivity contribution is 0.232. The minimum Gasteiger partial charge on any atom is -0.459 e. The normalized spacial score (nSPS) is 14.8. The summed E-state index contributed by atoms with van der Waals surface area (Å²) in [6.45, 7) is 8.88. The summed E-state index contributed by atoms with van der Waals surface area (Å²) in [6, 6.07) is 8.66. The third kappa shape index (κ3) is 3.47. The van der Waals surface area contributed by atoms with Crippen molar-refractivity contribution in [2.45, 2.75) is 52.6 Å². The molecule has 2 N–H and O–H groups in total. The Hall–Kier alpha value is -1.32. The van der Waals surface area contributed by atoms with Gasteiger partial charge in [0.1, 0.15) is 11.3 Å². The van der Waals surface area contributed by atoms with Gasteiger partial charge in [-0.1, -0.05) is 39.0 Å². The summed E-state index contributed by atoms with van der Waals surface area (Å²) in [5.41, 5.74) is 2.25. The van der Waals surface area contributed by atoms with Gasteiger partial charge in [0.05, 0.1) is 6.04 Å². The quantitative estimate of drug-likeness (QED) is 0.808. The molecule has 0 fully saturated rings. The lowest BCUT2D eigenvalue weighted by Crippen LogP contribution is -2.36. The van der Waals surface area contributed by atoms with Gasteiger partial charge in [-0.3, -0.25) is 0 Å². The van der Waals surface area contributed by atoms with Crippen LogP contribution in [0.2, 0.25) is 0 Å². The summed E-state index contributed by atoms with van der Waals surface area (Å²) in [4.78, 5) is 0. The molecule has 0 spiro atoms. The molecule has 0 saturated carbocycles. The fourth-order valence-corrected chi connectivity index (χ4v) is 2.98. The standard InChI is InChI=1S/C18H27NO2/c1-5-14-15-8-6-7-9-17(15)21-18(14)13(4)19-16(10-11-20)12(2)3/h6-9,12-13,16,19-20H,5,10-11H2,1-4H3. The molecule has 2 unspecified atom stereocenters. The summed E-state index contributed by atoms with van der Waals surface area (Å²) in [6.07, 6.45) is 1.73. The number of benzene rings is 1. The Morgan fingerprint density at radius 1 is 1.19 bits per heavy atom. The zero-order chi connectivity index (χ0) is 15.4. The minimum atomic E-state index is 0.145. The van der Waals surface area contributed by atoms with Gasteiger partial charge in [0.15, 0.2) is 0 Å². The summed E-state index contributed by atoms with van der Waals surface area (Å²) in [7, 11) is 0. The van der Waals surface area contributed by atoms with Gasteiger partial charge in [0, 0.05) is 23.6 Å². The molecule has 0 aliphatic carbocycles. The van der Waals surface area contributed by atoms with E-state index in [2.05, 4.69) is 45.1 Å². The molecule has 3 nitrogen and oxygen atoms in total. The van der Waals surface area contributed by atoms with Crippen LogP contribution in [0.3, 0.4) is 0 Å². The Balaban J connectivity index is 2.28. The highest BCUT2D eigenvalue weighted by molar-refractivity contribution is 5.82. The topological polar surface area (TPSA) is 45.4 Å². The molecular formula is C18H27NO2. The first-order chi connectivity index (χ1) is 10.1. The second-order valence-electron chi connectivity index (χ2n) is 6.05. The van der Waals surface area contributed by atoms with E-state index in [1.165, 1.54) is 10.9 Å². The zero-order valence-electron chi connectivity index (χ0n) is 13.5. The molecule has 0 amide bonds. The largest absolute Gasteiger partial charge is 0.459 e. The number of hydrogen-bond acceptors (Lipinski definition) is 3. The highest BCUT2D eigenvalue weighted by Gasteiger charge is 2.22. The number of rotatable bonds is 7. The molecular weight excluding hydrogens is 262 g/mol. The Bertz CT molecular complexity index is 574. The molecule has 0 bridgehead atoms. The molecule has 2 aromatic rings. The van der Waals surface area contributed by atoms with Gasteiger partial charge < -0.3 is 14.8 Å². The number of aryl methyl sites for hydroxylation is 1. The molecule has 2 atom stereocenters. The number of aliphatic hydroxyl groups is 1. The number of hydrogen-bond donors (Lipinski definition) is 2. The summed E-state index contributed by atoms with van der Waals surface area (Å²) in [5, 5.41) is 14.1. The number of nitrogens with one attached hydrogen (secondary N) is 1. The summed E-state index contributed by atoms with van der Waals surface area (Å²) in [5.74, 6) is 1.51. The van der Waals surface area contributed by atoms with Crippen LogP contribution in [0.1, 0.15) is 51.5 Å².